The van der Waals surface area contributed by atoms with E-state index in [-0.39, 0.29) is 23.3 Å². The zero-order valence-corrected chi connectivity index (χ0v) is 13.6. The number of hydrogen-bond acceptors (Lipinski definition) is 4. The highest BCUT2D eigenvalue weighted by Gasteiger charge is 2.28. The van der Waals surface area contributed by atoms with Gasteiger partial charge in [0.25, 0.3) is 11.5 Å². The van der Waals surface area contributed by atoms with Gasteiger partial charge >= 0.3 is 0 Å². The number of nitrogens with one attached hydrogen (secondary N) is 1. The Morgan fingerprint density at radius 1 is 1.43 bits per heavy atom. The monoisotopic (exact) mass is 332 g/mol. The molecule has 2 N–H and O–H groups in total. The molecular formula is C17H20N2O3S. The molecule has 2 aromatic rings. The van der Waals surface area contributed by atoms with Gasteiger partial charge in [0.1, 0.15) is 5.75 Å². The predicted molar refractivity (Wildman–Crippen MR) is 90.0 cm³/mol. The van der Waals surface area contributed by atoms with Gasteiger partial charge in [0.05, 0.1) is 5.56 Å². The molecule has 0 radical (unpaired) electrons. The highest BCUT2D eigenvalue weighted by molar-refractivity contribution is 7.09. The number of hydrogen-bond donors (Lipinski definition) is 2. The SMILES string of the molecule is O=C(c1c[nH]c(=O)cc1O)N1CCCCC1CCc1cccs1. The Labute approximate surface area is 138 Å². The Bertz CT molecular complexity index is 724. The third kappa shape index (κ3) is 3.64. The number of carbonyl (C=O) groups excluding carboxylic acids is 1. The van der Waals surface area contributed by atoms with Crippen LogP contribution in [0.1, 0.15) is 40.9 Å². The van der Waals surface area contributed by atoms with Gasteiger partial charge in [-0.3, -0.25) is 9.59 Å². The molecular weight excluding hydrogens is 312 g/mol. The van der Waals surface area contributed by atoms with Crippen molar-refractivity contribution in [1.29, 1.82) is 0 Å². The zero-order valence-electron chi connectivity index (χ0n) is 12.8. The van der Waals surface area contributed by atoms with Crippen molar-refractivity contribution >= 4 is 17.2 Å². The first-order valence-electron chi connectivity index (χ1n) is 7.90. The Morgan fingerprint density at radius 3 is 3.04 bits per heavy atom. The van der Waals surface area contributed by atoms with Gasteiger partial charge in [-0.2, -0.15) is 0 Å². The van der Waals surface area contributed by atoms with Crippen LogP contribution < -0.4 is 5.56 Å². The number of aromatic nitrogens is 1. The van der Waals surface area contributed by atoms with Crippen molar-refractivity contribution in [3.8, 4) is 5.75 Å². The minimum atomic E-state index is -0.410. The van der Waals surface area contributed by atoms with Crippen LogP contribution in [0.3, 0.4) is 0 Å². The van der Waals surface area contributed by atoms with Gasteiger partial charge in [-0.15, -0.1) is 11.3 Å². The molecule has 0 spiro atoms. The van der Waals surface area contributed by atoms with Crippen molar-refractivity contribution in [2.75, 3.05) is 6.54 Å². The van der Waals surface area contributed by atoms with Crippen LogP contribution in [0.25, 0.3) is 0 Å². The van der Waals surface area contributed by atoms with Crippen molar-refractivity contribution in [2.24, 2.45) is 0 Å². The third-order valence-electron chi connectivity index (χ3n) is 4.33. The van der Waals surface area contributed by atoms with E-state index in [0.29, 0.717) is 6.54 Å². The molecule has 1 fully saturated rings. The second-order valence-electron chi connectivity index (χ2n) is 5.86. The first kappa shape index (κ1) is 15.8. The highest BCUT2D eigenvalue weighted by Crippen LogP contribution is 2.26. The van der Waals surface area contributed by atoms with Gasteiger partial charge in [0.2, 0.25) is 0 Å². The van der Waals surface area contributed by atoms with Crippen LogP contribution in [0.4, 0.5) is 0 Å². The normalized spacial score (nSPS) is 18.1. The summed E-state index contributed by atoms with van der Waals surface area (Å²) in [6.45, 7) is 0.701. The van der Waals surface area contributed by atoms with E-state index in [9.17, 15) is 14.7 Å². The van der Waals surface area contributed by atoms with E-state index in [1.54, 1.807) is 11.3 Å². The van der Waals surface area contributed by atoms with Crippen molar-refractivity contribution in [3.05, 3.63) is 50.6 Å². The molecule has 0 saturated carbocycles. The van der Waals surface area contributed by atoms with Crippen molar-refractivity contribution in [2.45, 2.75) is 38.1 Å². The number of piperidine rings is 1. The molecule has 122 valence electrons. The lowest BCUT2D eigenvalue weighted by molar-refractivity contribution is 0.0598. The van der Waals surface area contributed by atoms with Gasteiger partial charge in [0.15, 0.2) is 0 Å². The number of aromatic hydroxyl groups is 1. The minimum Gasteiger partial charge on any atom is -0.507 e. The standard InChI is InChI=1S/C17H20N2O3S/c20-15-10-16(21)18-11-14(15)17(22)19-8-2-1-4-12(19)6-7-13-5-3-9-23-13/h3,5,9-12H,1-2,4,6-8H2,(H2,18,20,21). The summed E-state index contributed by atoms with van der Waals surface area (Å²) in [4.78, 5) is 29.6. The van der Waals surface area contributed by atoms with E-state index < -0.39 is 5.56 Å². The van der Waals surface area contributed by atoms with Crippen LogP contribution in [-0.4, -0.2) is 33.5 Å². The molecule has 1 amide bonds. The molecule has 1 aliphatic heterocycles. The van der Waals surface area contributed by atoms with Crippen LogP contribution in [0.5, 0.6) is 5.75 Å². The average molecular weight is 332 g/mol. The summed E-state index contributed by atoms with van der Waals surface area (Å²) in [5.74, 6) is -0.448. The molecule has 0 bridgehead atoms. The number of thiophene rings is 1. The van der Waals surface area contributed by atoms with E-state index in [2.05, 4.69) is 16.4 Å². The number of nitrogens with zero attached hydrogens (tertiary/aromatic N) is 1. The quantitative estimate of drug-likeness (QED) is 0.904. The van der Waals surface area contributed by atoms with Crippen molar-refractivity contribution in [1.82, 2.24) is 9.88 Å². The maximum absolute atomic E-state index is 12.8. The molecule has 23 heavy (non-hydrogen) atoms. The lowest BCUT2D eigenvalue weighted by Crippen LogP contribution is -2.44. The second kappa shape index (κ2) is 7.00. The highest BCUT2D eigenvalue weighted by atomic mass is 32.1. The molecule has 1 aliphatic rings. The van der Waals surface area contributed by atoms with E-state index >= 15 is 0 Å². The van der Waals surface area contributed by atoms with E-state index in [1.165, 1.54) is 11.1 Å². The predicted octanol–water partition coefficient (Wildman–Crippen LogP) is 2.77. The van der Waals surface area contributed by atoms with Gasteiger partial charge < -0.3 is 15.0 Å². The molecule has 1 saturated heterocycles. The summed E-state index contributed by atoms with van der Waals surface area (Å²) in [6.07, 6.45) is 6.29. The Morgan fingerprint density at radius 2 is 2.30 bits per heavy atom. The maximum atomic E-state index is 12.8. The van der Waals surface area contributed by atoms with Crippen LogP contribution in [0.2, 0.25) is 0 Å². The first-order chi connectivity index (χ1) is 11.1. The molecule has 2 aromatic heterocycles. The van der Waals surface area contributed by atoms with E-state index in [4.69, 9.17) is 0 Å². The molecule has 1 atom stereocenters. The van der Waals surface area contributed by atoms with Gasteiger partial charge in [-0.1, -0.05) is 6.07 Å². The fourth-order valence-corrected chi connectivity index (χ4v) is 3.84. The summed E-state index contributed by atoms with van der Waals surface area (Å²) >= 11 is 1.74. The minimum absolute atomic E-state index is 0.174. The summed E-state index contributed by atoms with van der Waals surface area (Å²) in [7, 11) is 0. The molecule has 6 heteroatoms. The number of amides is 1. The van der Waals surface area contributed by atoms with Crippen molar-refractivity contribution in [3.63, 3.8) is 0 Å². The number of H-pyrrole nitrogens is 1. The number of pyridine rings is 1. The summed E-state index contributed by atoms with van der Waals surface area (Å²) in [5.41, 5.74) is -0.237. The number of rotatable bonds is 4. The third-order valence-corrected chi connectivity index (χ3v) is 5.26. The van der Waals surface area contributed by atoms with Crippen LogP contribution in [-0.2, 0) is 6.42 Å². The zero-order chi connectivity index (χ0) is 16.2. The maximum Gasteiger partial charge on any atom is 0.259 e. The van der Waals surface area contributed by atoms with Crippen LogP contribution in [0.15, 0.2) is 34.6 Å². The van der Waals surface area contributed by atoms with Crippen LogP contribution >= 0.6 is 11.3 Å². The van der Waals surface area contributed by atoms with Gasteiger partial charge in [-0.05, 0) is 43.6 Å². The summed E-state index contributed by atoms with van der Waals surface area (Å²) in [6, 6.07) is 5.40. The largest absolute Gasteiger partial charge is 0.507 e. The average Bonchev–Trinajstić information content (AvgIpc) is 3.06. The lowest BCUT2D eigenvalue weighted by atomic mass is 9.96. The van der Waals surface area contributed by atoms with E-state index in [0.717, 1.165) is 38.2 Å². The number of likely N-dealkylation sites (tertiary alicyclic amines) is 1. The second-order valence-corrected chi connectivity index (χ2v) is 6.89. The van der Waals surface area contributed by atoms with Crippen LogP contribution in [0, 0.1) is 0 Å². The van der Waals surface area contributed by atoms with Crippen molar-refractivity contribution < 1.29 is 9.90 Å². The summed E-state index contributed by atoms with van der Waals surface area (Å²) in [5, 5.41) is 12.0. The fourth-order valence-electron chi connectivity index (χ4n) is 3.12. The molecule has 1 unspecified atom stereocenters. The van der Waals surface area contributed by atoms with E-state index in [1.807, 2.05) is 11.0 Å². The molecule has 0 aliphatic carbocycles. The number of aromatic amines is 1. The molecule has 5 nitrogen and oxygen atoms in total. The number of aryl methyl sites for hydroxylation is 1. The number of carbonyl (C=O) groups is 1. The first-order valence-corrected chi connectivity index (χ1v) is 8.78. The fraction of sp³-hybridized carbons (Fsp3) is 0.412. The van der Waals surface area contributed by atoms with Gasteiger partial charge in [-0.25, -0.2) is 0 Å². The Kier molecular flexibility index (Phi) is 4.81. The lowest BCUT2D eigenvalue weighted by Gasteiger charge is -2.36. The Hall–Kier alpha value is -2.08. The van der Waals surface area contributed by atoms with Gasteiger partial charge in [0, 0.05) is 29.7 Å². The Balaban J connectivity index is 1.74. The topological polar surface area (TPSA) is 73.4 Å². The molecule has 3 rings (SSSR count). The molecule has 3 heterocycles. The summed E-state index contributed by atoms with van der Waals surface area (Å²) < 4.78 is 0. The molecule has 0 aromatic carbocycles. The smallest absolute Gasteiger partial charge is 0.259 e.